The van der Waals surface area contributed by atoms with Gasteiger partial charge in [-0.1, -0.05) is 19.1 Å². The summed E-state index contributed by atoms with van der Waals surface area (Å²) in [5.74, 6) is 0. The van der Waals surface area contributed by atoms with Crippen molar-refractivity contribution in [2.75, 3.05) is 18.0 Å². The molecule has 0 spiro atoms. The molecule has 1 aliphatic rings. The van der Waals surface area contributed by atoms with E-state index in [4.69, 9.17) is 0 Å². The molecule has 1 unspecified atom stereocenters. The molecule has 0 saturated carbocycles. The van der Waals surface area contributed by atoms with Crippen molar-refractivity contribution in [3.8, 4) is 0 Å². The highest BCUT2D eigenvalue weighted by Crippen LogP contribution is 2.24. The summed E-state index contributed by atoms with van der Waals surface area (Å²) >= 11 is 0. The number of nitrogens with zero attached hydrogens (tertiary/aromatic N) is 1. The van der Waals surface area contributed by atoms with Gasteiger partial charge in [0.1, 0.15) is 0 Å². The lowest BCUT2D eigenvalue weighted by atomic mass is 10.0. The van der Waals surface area contributed by atoms with Crippen molar-refractivity contribution < 1.29 is 0 Å². The molecule has 100 valence electrons. The molecule has 2 rings (SSSR count). The lowest BCUT2D eigenvalue weighted by molar-refractivity contribution is 0.415. The Hall–Kier alpha value is -1.02. The fourth-order valence-electron chi connectivity index (χ4n) is 2.68. The summed E-state index contributed by atoms with van der Waals surface area (Å²) in [5, 5.41) is 3.63. The van der Waals surface area contributed by atoms with Gasteiger partial charge in [0.25, 0.3) is 0 Å². The zero-order valence-corrected chi connectivity index (χ0v) is 12.2. The standard InChI is InChI=1S/C16H26N2/c1-5-14-6-8-15(9-7-14)18-12-16(3,4)17-11-10-13(18)2/h6-9,13,17H,5,10-12H2,1-4H3. The first-order valence-electron chi connectivity index (χ1n) is 7.12. The van der Waals surface area contributed by atoms with Crippen molar-refractivity contribution in [2.45, 2.75) is 52.1 Å². The molecule has 0 aliphatic carbocycles. The minimum atomic E-state index is 0.189. The molecule has 1 N–H and O–H groups in total. The second kappa shape index (κ2) is 5.31. The molecule has 1 fully saturated rings. The summed E-state index contributed by atoms with van der Waals surface area (Å²) in [6, 6.07) is 9.67. The smallest absolute Gasteiger partial charge is 0.0369 e. The van der Waals surface area contributed by atoms with Crippen molar-refractivity contribution in [3.05, 3.63) is 29.8 Å². The Labute approximate surface area is 111 Å². The Balaban J connectivity index is 2.22. The largest absolute Gasteiger partial charge is 0.367 e. The van der Waals surface area contributed by atoms with Crippen LogP contribution in [0.4, 0.5) is 5.69 Å². The van der Waals surface area contributed by atoms with Crippen LogP contribution in [-0.4, -0.2) is 24.7 Å². The molecule has 2 heteroatoms. The van der Waals surface area contributed by atoms with Crippen molar-refractivity contribution >= 4 is 5.69 Å². The van der Waals surface area contributed by atoms with Crippen LogP contribution in [0.2, 0.25) is 0 Å². The number of nitrogens with one attached hydrogen (secondary N) is 1. The molecule has 1 saturated heterocycles. The zero-order valence-electron chi connectivity index (χ0n) is 12.2. The molecule has 0 aromatic heterocycles. The quantitative estimate of drug-likeness (QED) is 0.862. The van der Waals surface area contributed by atoms with Gasteiger partial charge in [-0.25, -0.2) is 0 Å². The van der Waals surface area contributed by atoms with Gasteiger partial charge in [0.15, 0.2) is 0 Å². The van der Waals surface area contributed by atoms with Gasteiger partial charge in [-0.05, 0) is 57.9 Å². The van der Waals surface area contributed by atoms with E-state index >= 15 is 0 Å². The number of benzene rings is 1. The molecular weight excluding hydrogens is 220 g/mol. The first-order valence-corrected chi connectivity index (χ1v) is 7.12. The molecular formula is C16H26N2. The number of hydrogen-bond donors (Lipinski definition) is 1. The molecule has 1 heterocycles. The average Bonchev–Trinajstić information content (AvgIpc) is 2.48. The first-order chi connectivity index (χ1) is 8.52. The highest BCUT2D eigenvalue weighted by molar-refractivity contribution is 5.49. The second-order valence-electron chi connectivity index (χ2n) is 6.10. The minimum absolute atomic E-state index is 0.189. The molecule has 1 atom stereocenters. The predicted octanol–water partition coefficient (Wildman–Crippen LogP) is 3.22. The number of rotatable bonds is 2. The van der Waals surface area contributed by atoms with Crippen LogP contribution in [0.3, 0.4) is 0 Å². The second-order valence-corrected chi connectivity index (χ2v) is 6.10. The number of hydrogen-bond acceptors (Lipinski definition) is 2. The molecule has 18 heavy (non-hydrogen) atoms. The van der Waals surface area contributed by atoms with Gasteiger partial charge in [-0.15, -0.1) is 0 Å². The fraction of sp³-hybridized carbons (Fsp3) is 0.625. The third-order valence-corrected chi connectivity index (χ3v) is 3.94. The lowest BCUT2D eigenvalue weighted by Crippen LogP contribution is -2.47. The van der Waals surface area contributed by atoms with E-state index in [9.17, 15) is 0 Å². The van der Waals surface area contributed by atoms with Gasteiger partial charge in [-0.3, -0.25) is 0 Å². The zero-order chi connectivity index (χ0) is 13.2. The Kier molecular flexibility index (Phi) is 3.96. The van der Waals surface area contributed by atoms with E-state index in [1.165, 1.54) is 17.7 Å². The molecule has 1 aromatic carbocycles. The molecule has 2 nitrogen and oxygen atoms in total. The topological polar surface area (TPSA) is 15.3 Å². The lowest BCUT2D eigenvalue weighted by Gasteiger charge is -2.35. The first kappa shape index (κ1) is 13.4. The summed E-state index contributed by atoms with van der Waals surface area (Å²) in [7, 11) is 0. The molecule has 0 bridgehead atoms. The van der Waals surface area contributed by atoms with Crippen LogP contribution < -0.4 is 10.2 Å². The van der Waals surface area contributed by atoms with E-state index < -0.39 is 0 Å². The van der Waals surface area contributed by atoms with Crippen molar-refractivity contribution in [3.63, 3.8) is 0 Å². The minimum Gasteiger partial charge on any atom is -0.367 e. The average molecular weight is 246 g/mol. The van der Waals surface area contributed by atoms with Crippen molar-refractivity contribution in [1.29, 1.82) is 0 Å². The van der Waals surface area contributed by atoms with Crippen molar-refractivity contribution in [1.82, 2.24) is 5.32 Å². The summed E-state index contributed by atoms with van der Waals surface area (Å²) in [4.78, 5) is 2.54. The SMILES string of the molecule is CCc1ccc(N2CC(C)(C)NCCC2C)cc1. The van der Waals surface area contributed by atoms with Crippen LogP contribution in [0.5, 0.6) is 0 Å². The summed E-state index contributed by atoms with van der Waals surface area (Å²) in [6.07, 6.45) is 2.32. The Morgan fingerprint density at radius 3 is 2.56 bits per heavy atom. The highest BCUT2D eigenvalue weighted by Gasteiger charge is 2.27. The van der Waals surface area contributed by atoms with Gasteiger partial charge in [0.2, 0.25) is 0 Å². The Morgan fingerprint density at radius 2 is 1.94 bits per heavy atom. The Morgan fingerprint density at radius 1 is 1.28 bits per heavy atom. The van der Waals surface area contributed by atoms with E-state index in [1.807, 2.05) is 0 Å². The van der Waals surface area contributed by atoms with Gasteiger partial charge >= 0.3 is 0 Å². The molecule has 1 aromatic rings. The maximum Gasteiger partial charge on any atom is 0.0369 e. The van der Waals surface area contributed by atoms with E-state index in [0.29, 0.717) is 6.04 Å². The molecule has 0 amide bonds. The van der Waals surface area contributed by atoms with Crippen LogP contribution in [0, 0.1) is 0 Å². The van der Waals surface area contributed by atoms with Crippen molar-refractivity contribution in [2.24, 2.45) is 0 Å². The summed E-state index contributed by atoms with van der Waals surface area (Å²) in [5.41, 5.74) is 2.96. The van der Waals surface area contributed by atoms with Crippen LogP contribution in [0.25, 0.3) is 0 Å². The summed E-state index contributed by atoms with van der Waals surface area (Å²) in [6.45, 7) is 11.3. The van der Waals surface area contributed by atoms with E-state index in [0.717, 1.165) is 19.5 Å². The highest BCUT2D eigenvalue weighted by atomic mass is 15.2. The van der Waals surface area contributed by atoms with Gasteiger partial charge in [0.05, 0.1) is 0 Å². The number of anilines is 1. The third-order valence-electron chi connectivity index (χ3n) is 3.94. The van der Waals surface area contributed by atoms with Gasteiger partial charge < -0.3 is 10.2 Å². The van der Waals surface area contributed by atoms with Gasteiger partial charge in [-0.2, -0.15) is 0 Å². The Bertz CT molecular complexity index is 381. The maximum atomic E-state index is 3.63. The molecule has 0 radical (unpaired) electrons. The molecule has 1 aliphatic heterocycles. The monoisotopic (exact) mass is 246 g/mol. The van der Waals surface area contributed by atoms with E-state index in [2.05, 4.69) is 62.2 Å². The van der Waals surface area contributed by atoms with Crippen LogP contribution in [0.15, 0.2) is 24.3 Å². The van der Waals surface area contributed by atoms with Gasteiger partial charge in [0, 0.05) is 23.8 Å². The third kappa shape index (κ3) is 3.05. The van der Waals surface area contributed by atoms with E-state index in [-0.39, 0.29) is 5.54 Å². The predicted molar refractivity (Wildman–Crippen MR) is 79.3 cm³/mol. The van der Waals surface area contributed by atoms with Crippen LogP contribution in [-0.2, 0) is 6.42 Å². The van der Waals surface area contributed by atoms with Crippen LogP contribution >= 0.6 is 0 Å². The fourth-order valence-corrected chi connectivity index (χ4v) is 2.68. The summed E-state index contributed by atoms with van der Waals surface area (Å²) < 4.78 is 0. The maximum absolute atomic E-state index is 3.63. The normalized spacial score (nSPS) is 23.8. The van der Waals surface area contributed by atoms with Crippen LogP contribution in [0.1, 0.15) is 39.7 Å². The number of aryl methyl sites for hydroxylation is 1. The van der Waals surface area contributed by atoms with E-state index in [1.54, 1.807) is 0 Å².